The normalized spacial score (nSPS) is 13.2. The van der Waals surface area contributed by atoms with Gasteiger partial charge in [0, 0.05) is 5.39 Å². The lowest BCUT2D eigenvalue weighted by Crippen LogP contribution is -2.38. The number of rotatable bonds is 7. The third kappa shape index (κ3) is 4.59. The van der Waals surface area contributed by atoms with E-state index in [-0.39, 0.29) is 11.9 Å². The number of fused-ring (bicyclic) bond motifs is 1. The van der Waals surface area contributed by atoms with Crippen LogP contribution in [0.25, 0.3) is 10.8 Å². The summed E-state index contributed by atoms with van der Waals surface area (Å²) in [7, 11) is 1.69. The Labute approximate surface area is 179 Å². The average Bonchev–Trinajstić information content (AvgIpc) is 2.73. The largest absolute Gasteiger partial charge is 0.496 e. The molecule has 3 aromatic carbocycles. The standard InChI is InChI=1S/C26H31NO3/c1-16(2)22-15-23(17(3)14-25(22)29-6)18(4)27-26(28)19(5)30-24-13-9-11-20-10-7-8-12-21(20)24/h7-16,18-19H,1-6H3,(H,27,28). The van der Waals surface area contributed by atoms with E-state index < -0.39 is 6.10 Å². The SMILES string of the molecule is COc1cc(C)c(C(C)NC(=O)C(C)Oc2cccc3ccccc23)cc1C(C)C. The Kier molecular flexibility index (Phi) is 6.66. The molecule has 4 nitrogen and oxygen atoms in total. The molecule has 3 rings (SSSR count). The van der Waals surface area contributed by atoms with Gasteiger partial charge in [0.25, 0.3) is 5.91 Å². The summed E-state index contributed by atoms with van der Waals surface area (Å²) in [6, 6.07) is 17.9. The van der Waals surface area contributed by atoms with Crippen LogP contribution in [0.1, 0.15) is 56.3 Å². The van der Waals surface area contributed by atoms with Crippen LogP contribution < -0.4 is 14.8 Å². The first-order valence-electron chi connectivity index (χ1n) is 10.4. The highest BCUT2D eigenvalue weighted by atomic mass is 16.5. The smallest absolute Gasteiger partial charge is 0.261 e. The fourth-order valence-corrected chi connectivity index (χ4v) is 3.76. The summed E-state index contributed by atoms with van der Waals surface area (Å²) in [6.07, 6.45) is -0.610. The molecular formula is C26H31NO3. The minimum atomic E-state index is -0.610. The van der Waals surface area contributed by atoms with E-state index in [9.17, 15) is 4.79 Å². The van der Waals surface area contributed by atoms with Crippen molar-refractivity contribution in [2.75, 3.05) is 7.11 Å². The molecule has 0 aliphatic carbocycles. The molecule has 0 fully saturated rings. The number of hydrogen-bond donors (Lipinski definition) is 1. The molecule has 30 heavy (non-hydrogen) atoms. The quantitative estimate of drug-likeness (QED) is 0.530. The number of carbonyl (C=O) groups excluding carboxylic acids is 1. The highest BCUT2D eigenvalue weighted by Gasteiger charge is 2.21. The van der Waals surface area contributed by atoms with Gasteiger partial charge < -0.3 is 14.8 Å². The lowest BCUT2D eigenvalue weighted by Gasteiger charge is -2.23. The Bertz CT molecular complexity index is 1040. The minimum absolute atomic E-state index is 0.139. The molecule has 1 amide bonds. The van der Waals surface area contributed by atoms with Crippen molar-refractivity contribution in [3.05, 3.63) is 71.3 Å². The fraction of sp³-hybridized carbons (Fsp3) is 0.346. The van der Waals surface area contributed by atoms with Gasteiger partial charge in [0.15, 0.2) is 6.10 Å². The first kappa shape index (κ1) is 21.7. The molecule has 0 spiro atoms. The molecule has 0 aliphatic heterocycles. The zero-order chi connectivity index (χ0) is 21.8. The van der Waals surface area contributed by atoms with Crippen LogP contribution in [0.2, 0.25) is 0 Å². The number of aryl methyl sites for hydroxylation is 1. The summed E-state index contributed by atoms with van der Waals surface area (Å²) in [5.41, 5.74) is 3.32. The van der Waals surface area contributed by atoms with Crippen molar-refractivity contribution in [2.24, 2.45) is 0 Å². The second-order valence-corrected chi connectivity index (χ2v) is 8.07. The topological polar surface area (TPSA) is 47.6 Å². The maximum absolute atomic E-state index is 12.9. The lowest BCUT2D eigenvalue weighted by atomic mass is 9.93. The van der Waals surface area contributed by atoms with E-state index in [1.54, 1.807) is 14.0 Å². The van der Waals surface area contributed by atoms with E-state index in [2.05, 4.69) is 25.2 Å². The van der Waals surface area contributed by atoms with E-state index in [1.165, 1.54) is 0 Å². The number of nitrogens with one attached hydrogen (secondary N) is 1. The van der Waals surface area contributed by atoms with Gasteiger partial charge in [-0.15, -0.1) is 0 Å². The van der Waals surface area contributed by atoms with Crippen LogP contribution in [-0.4, -0.2) is 19.1 Å². The Morgan fingerprint density at radius 1 is 0.900 bits per heavy atom. The lowest BCUT2D eigenvalue weighted by molar-refractivity contribution is -0.127. The molecule has 0 saturated heterocycles. The van der Waals surface area contributed by atoms with Gasteiger partial charge >= 0.3 is 0 Å². The van der Waals surface area contributed by atoms with E-state index >= 15 is 0 Å². The number of benzene rings is 3. The molecule has 1 N–H and O–H groups in total. The first-order valence-corrected chi connectivity index (χ1v) is 10.4. The van der Waals surface area contributed by atoms with Crippen LogP contribution in [0.4, 0.5) is 0 Å². The van der Waals surface area contributed by atoms with Crippen LogP contribution in [0.3, 0.4) is 0 Å². The van der Waals surface area contributed by atoms with Gasteiger partial charge in [-0.3, -0.25) is 4.79 Å². The van der Waals surface area contributed by atoms with Crippen molar-refractivity contribution in [3.8, 4) is 11.5 Å². The second-order valence-electron chi connectivity index (χ2n) is 8.07. The molecule has 4 heteroatoms. The van der Waals surface area contributed by atoms with Crippen molar-refractivity contribution in [1.82, 2.24) is 5.32 Å². The van der Waals surface area contributed by atoms with Crippen LogP contribution in [-0.2, 0) is 4.79 Å². The molecular weight excluding hydrogens is 374 g/mol. The zero-order valence-electron chi connectivity index (χ0n) is 18.7. The van der Waals surface area contributed by atoms with Gasteiger partial charge in [0.2, 0.25) is 0 Å². The molecule has 0 aliphatic rings. The molecule has 0 aromatic heterocycles. The summed E-state index contributed by atoms with van der Waals surface area (Å²) < 4.78 is 11.6. The van der Waals surface area contributed by atoms with E-state index in [4.69, 9.17) is 9.47 Å². The van der Waals surface area contributed by atoms with Crippen LogP contribution in [0, 0.1) is 6.92 Å². The highest BCUT2D eigenvalue weighted by Crippen LogP contribution is 2.32. The van der Waals surface area contributed by atoms with Gasteiger partial charge in [-0.25, -0.2) is 0 Å². The summed E-state index contributed by atoms with van der Waals surface area (Å²) in [5, 5.41) is 5.19. The van der Waals surface area contributed by atoms with Crippen molar-refractivity contribution in [1.29, 1.82) is 0 Å². The van der Waals surface area contributed by atoms with Gasteiger partial charge in [-0.05, 0) is 67.0 Å². The van der Waals surface area contributed by atoms with Gasteiger partial charge in [0.1, 0.15) is 11.5 Å². The van der Waals surface area contributed by atoms with Gasteiger partial charge in [-0.1, -0.05) is 50.2 Å². The second kappa shape index (κ2) is 9.21. The number of methoxy groups -OCH3 is 1. The Balaban J connectivity index is 1.76. The Morgan fingerprint density at radius 2 is 1.60 bits per heavy atom. The minimum Gasteiger partial charge on any atom is -0.496 e. The predicted octanol–water partition coefficient (Wildman–Crippen LogP) is 5.92. The fourth-order valence-electron chi connectivity index (χ4n) is 3.76. The van der Waals surface area contributed by atoms with Crippen LogP contribution >= 0.6 is 0 Å². The molecule has 0 bridgehead atoms. The number of ether oxygens (including phenoxy) is 2. The monoisotopic (exact) mass is 405 g/mol. The van der Waals surface area contributed by atoms with Crippen molar-refractivity contribution in [3.63, 3.8) is 0 Å². The van der Waals surface area contributed by atoms with Crippen molar-refractivity contribution in [2.45, 2.75) is 52.7 Å². The Morgan fingerprint density at radius 3 is 2.30 bits per heavy atom. The third-order valence-electron chi connectivity index (χ3n) is 5.49. The number of amides is 1. The van der Waals surface area contributed by atoms with Crippen LogP contribution in [0.15, 0.2) is 54.6 Å². The van der Waals surface area contributed by atoms with E-state index in [0.29, 0.717) is 11.7 Å². The molecule has 3 aromatic rings. The maximum atomic E-state index is 12.9. The molecule has 2 atom stereocenters. The average molecular weight is 406 g/mol. The van der Waals surface area contributed by atoms with E-state index in [1.807, 2.05) is 62.4 Å². The van der Waals surface area contributed by atoms with Gasteiger partial charge in [-0.2, -0.15) is 0 Å². The third-order valence-corrected chi connectivity index (χ3v) is 5.49. The molecule has 158 valence electrons. The predicted molar refractivity (Wildman–Crippen MR) is 122 cm³/mol. The molecule has 0 radical (unpaired) electrons. The maximum Gasteiger partial charge on any atom is 0.261 e. The Hall–Kier alpha value is -3.01. The summed E-state index contributed by atoms with van der Waals surface area (Å²) in [5.74, 6) is 1.79. The summed E-state index contributed by atoms with van der Waals surface area (Å²) >= 11 is 0. The highest BCUT2D eigenvalue weighted by molar-refractivity contribution is 5.89. The van der Waals surface area contributed by atoms with Gasteiger partial charge in [0.05, 0.1) is 13.2 Å². The summed E-state index contributed by atoms with van der Waals surface area (Å²) in [4.78, 5) is 12.9. The van der Waals surface area contributed by atoms with Crippen molar-refractivity contribution < 1.29 is 14.3 Å². The zero-order valence-corrected chi connectivity index (χ0v) is 18.7. The number of hydrogen-bond acceptors (Lipinski definition) is 3. The first-order chi connectivity index (χ1) is 14.3. The van der Waals surface area contributed by atoms with Crippen LogP contribution in [0.5, 0.6) is 11.5 Å². The molecule has 2 unspecified atom stereocenters. The molecule has 0 heterocycles. The van der Waals surface area contributed by atoms with E-state index in [0.717, 1.165) is 33.2 Å². The molecule has 0 saturated carbocycles. The van der Waals surface area contributed by atoms with Crippen molar-refractivity contribution >= 4 is 16.7 Å². The summed E-state index contributed by atoms with van der Waals surface area (Å²) in [6.45, 7) is 10.1. The number of carbonyl (C=O) groups is 1.